The Morgan fingerprint density at radius 3 is 2.16 bits per heavy atom. The Labute approximate surface area is 107 Å². The number of hydrogen-bond acceptors (Lipinski definition) is 2. The third kappa shape index (κ3) is 4.59. The Kier molecular flexibility index (Phi) is 4.50. The fourth-order valence-electron chi connectivity index (χ4n) is 1.65. The predicted octanol–water partition coefficient (Wildman–Crippen LogP) is 3.74. The molecule has 0 aromatic heterocycles. The van der Waals surface area contributed by atoms with Gasteiger partial charge in [0.25, 0.3) is 0 Å². The van der Waals surface area contributed by atoms with Crippen LogP contribution in [0.5, 0.6) is 0 Å². The number of hydrogen-bond donors (Lipinski definition) is 0. The van der Waals surface area contributed by atoms with Gasteiger partial charge in [-0.15, -0.1) is 0 Å². The summed E-state index contributed by atoms with van der Waals surface area (Å²) in [5.41, 5.74) is -1.46. The topological polar surface area (TPSA) is 47.6 Å². The first-order chi connectivity index (χ1) is 8.80. The summed E-state index contributed by atoms with van der Waals surface area (Å²) < 4.78 is 49.5. The largest absolute Gasteiger partial charge is 0.389 e. The summed E-state index contributed by atoms with van der Waals surface area (Å²) >= 11 is 0. The van der Waals surface area contributed by atoms with Crippen molar-refractivity contribution in [1.29, 1.82) is 10.5 Å². The molecule has 0 atom stereocenters. The molecule has 1 aromatic rings. The van der Waals surface area contributed by atoms with Gasteiger partial charge in [0.2, 0.25) is 0 Å². The third-order valence-corrected chi connectivity index (χ3v) is 2.66. The molecule has 0 bridgehead atoms. The van der Waals surface area contributed by atoms with Gasteiger partial charge >= 0.3 is 6.18 Å². The zero-order valence-corrected chi connectivity index (χ0v) is 9.84. The monoisotopic (exact) mass is 270 g/mol. The van der Waals surface area contributed by atoms with Crippen molar-refractivity contribution in [2.45, 2.75) is 25.4 Å². The molecular formula is C13H10F4N2. The first-order valence-electron chi connectivity index (χ1n) is 5.44. The molecule has 0 aliphatic rings. The number of nitriles is 2. The second-order valence-electron chi connectivity index (χ2n) is 4.23. The smallest absolute Gasteiger partial charge is 0.207 e. The summed E-state index contributed by atoms with van der Waals surface area (Å²) in [6.45, 7) is 0. The minimum atomic E-state index is -4.43. The molecule has 0 aliphatic heterocycles. The van der Waals surface area contributed by atoms with Crippen molar-refractivity contribution in [2.75, 3.05) is 0 Å². The van der Waals surface area contributed by atoms with Crippen LogP contribution >= 0.6 is 0 Å². The highest BCUT2D eigenvalue weighted by atomic mass is 19.4. The molecule has 6 heteroatoms. The molecule has 19 heavy (non-hydrogen) atoms. The zero-order valence-electron chi connectivity index (χ0n) is 9.84. The van der Waals surface area contributed by atoms with Crippen molar-refractivity contribution in [3.05, 3.63) is 35.6 Å². The zero-order chi connectivity index (χ0) is 14.5. The van der Waals surface area contributed by atoms with E-state index in [4.69, 9.17) is 10.5 Å². The molecule has 0 fully saturated rings. The Bertz CT molecular complexity index is 509. The van der Waals surface area contributed by atoms with Gasteiger partial charge in [-0.25, -0.2) is 4.39 Å². The highest BCUT2D eigenvalue weighted by Crippen LogP contribution is 2.33. The fraction of sp³-hybridized carbons (Fsp3) is 0.385. The van der Waals surface area contributed by atoms with Crippen molar-refractivity contribution < 1.29 is 17.6 Å². The van der Waals surface area contributed by atoms with Crippen LogP contribution < -0.4 is 0 Å². The molecule has 0 amide bonds. The molecule has 0 radical (unpaired) electrons. The van der Waals surface area contributed by atoms with E-state index in [2.05, 4.69) is 0 Å². The molecule has 2 nitrogen and oxygen atoms in total. The minimum Gasteiger partial charge on any atom is -0.207 e. The van der Waals surface area contributed by atoms with Gasteiger partial charge in [0.1, 0.15) is 11.2 Å². The van der Waals surface area contributed by atoms with Crippen LogP contribution in [0.1, 0.15) is 18.4 Å². The molecule has 0 N–H and O–H groups in total. The van der Waals surface area contributed by atoms with Crippen molar-refractivity contribution >= 4 is 0 Å². The lowest BCUT2D eigenvalue weighted by Gasteiger charge is -2.19. The second-order valence-corrected chi connectivity index (χ2v) is 4.23. The summed E-state index contributed by atoms with van der Waals surface area (Å²) in [5.74, 6) is -0.557. The Morgan fingerprint density at radius 1 is 1.05 bits per heavy atom. The summed E-state index contributed by atoms with van der Waals surface area (Å²) in [7, 11) is 0. The second kappa shape index (κ2) is 5.71. The maximum Gasteiger partial charge on any atom is 0.389 e. The molecule has 1 aromatic carbocycles. The molecule has 0 unspecified atom stereocenters. The summed E-state index contributed by atoms with van der Waals surface area (Å²) in [6.07, 6.45) is -6.50. The van der Waals surface area contributed by atoms with Crippen LogP contribution in [0.15, 0.2) is 24.3 Å². The summed E-state index contributed by atoms with van der Waals surface area (Å²) in [5, 5.41) is 17.9. The number of benzene rings is 1. The average Bonchev–Trinajstić information content (AvgIpc) is 2.34. The van der Waals surface area contributed by atoms with Gasteiger partial charge in [0.15, 0.2) is 0 Å². The first-order valence-corrected chi connectivity index (χ1v) is 5.44. The highest BCUT2D eigenvalue weighted by molar-refractivity contribution is 5.25. The van der Waals surface area contributed by atoms with Crippen molar-refractivity contribution in [3.63, 3.8) is 0 Å². The number of nitrogens with zero attached hydrogens (tertiary/aromatic N) is 2. The molecule has 0 saturated carbocycles. The summed E-state index contributed by atoms with van der Waals surface area (Å²) in [4.78, 5) is 0. The molecule has 0 heterocycles. The maximum absolute atomic E-state index is 13.0. The van der Waals surface area contributed by atoms with Crippen molar-refractivity contribution in [2.24, 2.45) is 5.41 Å². The fourth-order valence-corrected chi connectivity index (χ4v) is 1.65. The lowest BCUT2D eigenvalue weighted by molar-refractivity contribution is -0.138. The van der Waals surface area contributed by atoms with Crippen LogP contribution in [0, 0.1) is 33.9 Å². The number of rotatable bonds is 4. The Morgan fingerprint density at radius 2 is 1.68 bits per heavy atom. The van der Waals surface area contributed by atoms with E-state index < -0.39 is 30.3 Å². The van der Waals surface area contributed by atoms with Gasteiger partial charge in [-0.2, -0.15) is 23.7 Å². The van der Waals surface area contributed by atoms with E-state index in [-0.39, 0.29) is 6.42 Å². The van der Waals surface area contributed by atoms with E-state index >= 15 is 0 Å². The molecule has 0 spiro atoms. The molecule has 1 rings (SSSR count). The molecule has 100 valence electrons. The Hall–Kier alpha value is -2.08. The van der Waals surface area contributed by atoms with Gasteiger partial charge in [-0.05, 0) is 24.1 Å². The van der Waals surface area contributed by atoms with Gasteiger partial charge in [-0.1, -0.05) is 12.1 Å². The van der Waals surface area contributed by atoms with Crippen LogP contribution in [0.3, 0.4) is 0 Å². The molecule has 0 aliphatic carbocycles. The summed E-state index contributed by atoms with van der Waals surface area (Å²) in [6, 6.07) is 8.39. The average molecular weight is 270 g/mol. The van der Waals surface area contributed by atoms with E-state index in [1.54, 1.807) is 12.1 Å². The maximum atomic E-state index is 13.0. The van der Waals surface area contributed by atoms with E-state index in [1.165, 1.54) is 18.2 Å². The van der Waals surface area contributed by atoms with Gasteiger partial charge in [-0.3, -0.25) is 0 Å². The van der Waals surface area contributed by atoms with E-state index in [0.29, 0.717) is 5.56 Å². The normalized spacial score (nSPS) is 11.7. The van der Waals surface area contributed by atoms with E-state index in [9.17, 15) is 17.6 Å². The lowest BCUT2D eigenvalue weighted by atomic mass is 9.80. The van der Waals surface area contributed by atoms with Crippen molar-refractivity contribution in [3.8, 4) is 12.1 Å². The van der Waals surface area contributed by atoms with Gasteiger partial charge in [0.05, 0.1) is 12.1 Å². The Balaban J connectivity index is 2.89. The molecular weight excluding hydrogens is 260 g/mol. The predicted molar refractivity (Wildman–Crippen MR) is 59.1 cm³/mol. The van der Waals surface area contributed by atoms with Crippen molar-refractivity contribution in [1.82, 2.24) is 0 Å². The minimum absolute atomic E-state index is 0.228. The van der Waals surface area contributed by atoms with Gasteiger partial charge < -0.3 is 0 Å². The third-order valence-electron chi connectivity index (χ3n) is 2.66. The van der Waals surface area contributed by atoms with E-state index in [0.717, 1.165) is 6.07 Å². The molecule has 0 saturated heterocycles. The van der Waals surface area contributed by atoms with Crippen LogP contribution in [0.2, 0.25) is 0 Å². The SMILES string of the molecule is N#CC(C#N)(CCC(F)(F)F)Cc1cccc(F)c1. The van der Waals surface area contributed by atoms with E-state index in [1.807, 2.05) is 0 Å². The van der Waals surface area contributed by atoms with Gasteiger partial charge in [0, 0.05) is 12.8 Å². The van der Waals surface area contributed by atoms with Crippen LogP contribution in [0.25, 0.3) is 0 Å². The van der Waals surface area contributed by atoms with Crippen LogP contribution in [-0.2, 0) is 6.42 Å². The quantitative estimate of drug-likeness (QED) is 0.782. The van der Waals surface area contributed by atoms with Crippen LogP contribution in [0.4, 0.5) is 17.6 Å². The van der Waals surface area contributed by atoms with Crippen LogP contribution in [-0.4, -0.2) is 6.18 Å². The number of alkyl halides is 3. The lowest BCUT2D eigenvalue weighted by Crippen LogP contribution is -2.23. The first kappa shape index (κ1) is 15.0. The highest BCUT2D eigenvalue weighted by Gasteiger charge is 2.37. The standard InChI is InChI=1S/C13H10F4N2/c14-11-3-1-2-10(6-11)7-12(8-18,9-19)4-5-13(15,16)17/h1-3,6H,4-5,7H2. The number of halogens is 4.